The quantitative estimate of drug-likeness (QED) is 0.566. The van der Waals surface area contributed by atoms with Gasteiger partial charge < -0.3 is 4.74 Å². The Labute approximate surface area is 87.4 Å². The predicted molar refractivity (Wildman–Crippen MR) is 54.7 cm³/mol. The molecule has 0 unspecified atom stereocenters. The molecular formula is C10H10ClNO2. The fourth-order valence-electron chi connectivity index (χ4n) is 1.15. The molecule has 0 radical (unpaired) electrons. The highest BCUT2D eigenvalue weighted by molar-refractivity contribution is 6.30. The number of halogens is 1. The fourth-order valence-corrected chi connectivity index (χ4v) is 1.31. The molecule has 0 heterocycles. The van der Waals surface area contributed by atoms with Crippen LogP contribution < -0.4 is 4.74 Å². The molecule has 14 heavy (non-hydrogen) atoms. The molecule has 0 saturated heterocycles. The summed E-state index contributed by atoms with van der Waals surface area (Å²) < 4.78 is 5.13. The van der Waals surface area contributed by atoms with Crippen LogP contribution in [-0.4, -0.2) is 19.7 Å². The zero-order valence-corrected chi connectivity index (χ0v) is 8.54. The van der Waals surface area contributed by atoms with Crippen LogP contribution in [0, 0.1) is 0 Å². The lowest BCUT2D eigenvalue weighted by atomic mass is 10.1. The minimum atomic E-state index is 0.418. The van der Waals surface area contributed by atoms with Crippen LogP contribution in [-0.2, 0) is 11.2 Å². The summed E-state index contributed by atoms with van der Waals surface area (Å²) in [7, 11) is 1.58. The molecule has 3 nitrogen and oxygen atoms in total. The van der Waals surface area contributed by atoms with Gasteiger partial charge in [0, 0.05) is 5.02 Å². The first-order valence-electron chi connectivity index (χ1n) is 4.14. The van der Waals surface area contributed by atoms with Crippen LogP contribution in [0.2, 0.25) is 5.02 Å². The van der Waals surface area contributed by atoms with Gasteiger partial charge in [-0.1, -0.05) is 17.7 Å². The van der Waals surface area contributed by atoms with E-state index >= 15 is 0 Å². The Morgan fingerprint density at radius 1 is 1.57 bits per heavy atom. The van der Waals surface area contributed by atoms with Gasteiger partial charge in [0.05, 0.1) is 13.7 Å². The van der Waals surface area contributed by atoms with Crippen molar-refractivity contribution in [3.05, 3.63) is 28.8 Å². The standard InChI is InChI=1S/C10H10ClNO2/c1-14-10-6-9(11)3-2-8(10)4-5-12-7-13/h2-3,6H,4-5H2,1H3. The van der Waals surface area contributed by atoms with Crippen LogP contribution in [0.3, 0.4) is 0 Å². The predicted octanol–water partition coefficient (Wildman–Crippen LogP) is 2.23. The maximum absolute atomic E-state index is 9.86. The Hall–Kier alpha value is -1.31. The Kier molecular flexibility index (Phi) is 4.17. The van der Waals surface area contributed by atoms with E-state index in [9.17, 15) is 4.79 Å². The van der Waals surface area contributed by atoms with Crippen molar-refractivity contribution in [1.82, 2.24) is 0 Å². The van der Waals surface area contributed by atoms with Crippen molar-refractivity contribution >= 4 is 17.7 Å². The number of rotatable bonds is 4. The number of methoxy groups -OCH3 is 1. The normalized spacial score (nSPS) is 9.29. The van der Waals surface area contributed by atoms with Gasteiger partial charge in [0.1, 0.15) is 5.75 Å². The number of aliphatic imine (C=N–C) groups is 1. The second-order valence-electron chi connectivity index (χ2n) is 2.68. The number of benzene rings is 1. The summed E-state index contributed by atoms with van der Waals surface area (Å²) >= 11 is 5.79. The molecule has 0 aliphatic heterocycles. The van der Waals surface area contributed by atoms with Gasteiger partial charge in [0.25, 0.3) is 0 Å². The van der Waals surface area contributed by atoms with E-state index in [1.807, 2.05) is 6.07 Å². The van der Waals surface area contributed by atoms with Crippen molar-refractivity contribution in [1.29, 1.82) is 0 Å². The lowest BCUT2D eigenvalue weighted by molar-refractivity contribution is 0.410. The molecule has 0 N–H and O–H groups in total. The van der Waals surface area contributed by atoms with Crippen molar-refractivity contribution in [3.8, 4) is 5.75 Å². The van der Waals surface area contributed by atoms with Crippen molar-refractivity contribution in [2.24, 2.45) is 4.99 Å². The number of hydrogen-bond acceptors (Lipinski definition) is 3. The van der Waals surface area contributed by atoms with Crippen molar-refractivity contribution in [2.45, 2.75) is 6.42 Å². The SMILES string of the molecule is COc1cc(Cl)ccc1CCN=C=O. The van der Waals surface area contributed by atoms with E-state index in [2.05, 4.69) is 4.99 Å². The van der Waals surface area contributed by atoms with Gasteiger partial charge in [-0.2, -0.15) is 0 Å². The van der Waals surface area contributed by atoms with Crippen LogP contribution in [0.1, 0.15) is 5.56 Å². The molecule has 0 aliphatic carbocycles. The highest BCUT2D eigenvalue weighted by Crippen LogP contribution is 2.23. The van der Waals surface area contributed by atoms with Crippen LogP contribution in [0.4, 0.5) is 0 Å². The van der Waals surface area contributed by atoms with Gasteiger partial charge in [-0.25, -0.2) is 9.79 Å². The van der Waals surface area contributed by atoms with Gasteiger partial charge in [-0.3, -0.25) is 0 Å². The summed E-state index contributed by atoms with van der Waals surface area (Å²) in [6.45, 7) is 0.418. The average molecular weight is 212 g/mol. The molecule has 0 aliphatic rings. The van der Waals surface area contributed by atoms with Crippen LogP contribution in [0.15, 0.2) is 23.2 Å². The van der Waals surface area contributed by atoms with E-state index in [-0.39, 0.29) is 0 Å². The van der Waals surface area contributed by atoms with Gasteiger partial charge >= 0.3 is 0 Å². The molecule has 0 saturated carbocycles. The zero-order chi connectivity index (χ0) is 10.4. The first kappa shape index (κ1) is 10.8. The van der Waals surface area contributed by atoms with E-state index in [1.54, 1.807) is 19.2 Å². The van der Waals surface area contributed by atoms with E-state index in [4.69, 9.17) is 16.3 Å². The zero-order valence-electron chi connectivity index (χ0n) is 7.79. The number of ether oxygens (including phenoxy) is 1. The molecule has 74 valence electrons. The molecule has 0 fully saturated rings. The van der Waals surface area contributed by atoms with Crippen LogP contribution >= 0.6 is 11.6 Å². The van der Waals surface area contributed by atoms with Gasteiger partial charge in [-0.15, -0.1) is 0 Å². The molecule has 0 aromatic heterocycles. The first-order chi connectivity index (χ1) is 6.77. The Balaban J connectivity index is 2.79. The summed E-state index contributed by atoms with van der Waals surface area (Å²) in [5, 5.41) is 0.629. The third kappa shape index (κ3) is 2.87. The molecule has 0 bridgehead atoms. The Bertz CT molecular complexity index is 359. The van der Waals surface area contributed by atoms with E-state index in [1.165, 1.54) is 6.08 Å². The van der Waals surface area contributed by atoms with Crippen LogP contribution in [0.5, 0.6) is 5.75 Å². The summed E-state index contributed by atoms with van der Waals surface area (Å²) in [6.07, 6.45) is 2.14. The molecule has 1 aromatic carbocycles. The number of carbonyl (C=O) groups excluding carboxylic acids is 1. The summed E-state index contributed by atoms with van der Waals surface area (Å²) in [5.41, 5.74) is 0.982. The molecule has 0 amide bonds. The summed E-state index contributed by atoms with van der Waals surface area (Å²) in [5.74, 6) is 0.721. The third-order valence-electron chi connectivity index (χ3n) is 1.81. The lowest BCUT2D eigenvalue weighted by Gasteiger charge is -2.06. The minimum absolute atomic E-state index is 0.418. The summed E-state index contributed by atoms with van der Waals surface area (Å²) in [4.78, 5) is 13.3. The molecule has 4 heteroatoms. The maximum Gasteiger partial charge on any atom is 0.234 e. The second kappa shape index (κ2) is 5.43. The number of nitrogens with zero attached hydrogens (tertiary/aromatic N) is 1. The average Bonchev–Trinajstić information content (AvgIpc) is 2.20. The van der Waals surface area contributed by atoms with E-state index < -0.39 is 0 Å². The highest BCUT2D eigenvalue weighted by Gasteiger charge is 2.02. The smallest absolute Gasteiger partial charge is 0.234 e. The van der Waals surface area contributed by atoms with E-state index in [0.29, 0.717) is 18.0 Å². The topological polar surface area (TPSA) is 38.7 Å². The van der Waals surface area contributed by atoms with Gasteiger partial charge in [0.15, 0.2) is 0 Å². The van der Waals surface area contributed by atoms with Crippen molar-refractivity contribution in [2.75, 3.05) is 13.7 Å². The first-order valence-corrected chi connectivity index (χ1v) is 4.51. The number of isocyanates is 1. The molecular weight excluding hydrogens is 202 g/mol. The molecule has 1 aromatic rings. The van der Waals surface area contributed by atoms with E-state index in [0.717, 1.165) is 11.3 Å². The molecule has 0 spiro atoms. The second-order valence-corrected chi connectivity index (χ2v) is 3.12. The van der Waals surface area contributed by atoms with Gasteiger partial charge in [-0.05, 0) is 24.1 Å². The largest absolute Gasteiger partial charge is 0.496 e. The Morgan fingerprint density at radius 2 is 2.36 bits per heavy atom. The van der Waals surface area contributed by atoms with Crippen molar-refractivity contribution < 1.29 is 9.53 Å². The number of hydrogen-bond donors (Lipinski definition) is 0. The highest BCUT2D eigenvalue weighted by atomic mass is 35.5. The van der Waals surface area contributed by atoms with Gasteiger partial charge in [0.2, 0.25) is 6.08 Å². The fraction of sp³-hybridized carbons (Fsp3) is 0.300. The minimum Gasteiger partial charge on any atom is -0.496 e. The van der Waals surface area contributed by atoms with Crippen LogP contribution in [0.25, 0.3) is 0 Å². The van der Waals surface area contributed by atoms with Crippen molar-refractivity contribution in [3.63, 3.8) is 0 Å². The summed E-state index contributed by atoms with van der Waals surface area (Å²) in [6, 6.07) is 5.38. The third-order valence-corrected chi connectivity index (χ3v) is 2.04. The maximum atomic E-state index is 9.86. The monoisotopic (exact) mass is 211 g/mol. The lowest BCUT2D eigenvalue weighted by Crippen LogP contribution is -1.94. The Morgan fingerprint density at radius 3 is 3.00 bits per heavy atom. The molecule has 0 atom stereocenters. The molecule has 1 rings (SSSR count).